The van der Waals surface area contributed by atoms with Crippen molar-refractivity contribution in [3.8, 4) is 6.07 Å². The second kappa shape index (κ2) is 10.5. The molecule has 2 aliphatic heterocycles. The van der Waals surface area contributed by atoms with Crippen LogP contribution in [0.5, 0.6) is 0 Å². The van der Waals surface area contributed by atoms with Crippen molar-refractivity contribution in [2.45, 2.75) is 69.1 Å². The number of ether oxygens (including phenoxy) is 1. The predicted octanol–water partition coefficient (Wildman–Crippen LogP) is -1.30. The number of nitrogens with one attached hydrogen (secondary N) is 4. The molecule has 2 heterocycles. The largest absolute Gasteiger partial charge is 0.373 e. The summed E-state index contributed by atoms with van der Waals surface area (Å²) in [7, 11) is 0. The van der Waals surface area contributed by atoms with Crippen LogP contribution in [0.1, 0.15) is 38.5 Å². The quantitative estimate of drug-likeness (QED) is 0.292. The van der Waals surface area contributed by atoms with E-state index in [1.165, 1.54) is 12.8 Å². The summed E-state index contributed by atoms with van der Waals surface area (Å²) in [6.07, 6.45) is 5.28. The predicted molar refractivity (Wildman–Crippen MR) is 106 cm³/mol. The van der Waals surface area contributed by atoms with Gasteiger partial charge in [0.25, 0.3) is 0 Å². The molecule has 9 nitrogen and oxygen atoms in total. The van der Waals surface area contributed by atoms with E-state index in [1.807, 2.05) is 0 Å². The summed E-state index contributed by atoms with van der Waals surface area (Å²) < 4.78 is 6.31. The van der Waals surface area contributed by atoms with Gasteiger partial charge in [0.05, 0.1) is 42.6 Å². The summed E-state index contributed by atoms with van der Waals surface area (Å²) >= 11 is 0. The Hall–Kier alpha value is -1.28. The van der Waals surface area contributed by atoms with Crippen molar-refractivity contribution >= 4 is 5.91 Å². The second-order valence-electron chi connectivity index (χ2n) is 8.31. The lowest BCUT2D eigenvalue weighted by molar-refractivity contribution is -0.130. The third-order valence-corrected chi connectivity index (χ3v) is 6.13. The molecule has 1 amide bonds. The van der Waals surface area contributed by atoms with E-state index in [4.69, 9.17) is 21.5 Å². The van der Waals surface area contributed by atoms with Gasteiger partial charge in [-0.05, 0) is 31.7 Å². The monoisotopic (exact) mass is 393 g/mol. The lowest BCUT2D eigenvalue weighted by atomic mass is 9.95. The van der Waals surface area contributed by atoms with Crippen LogP contribution in [-0.4, -0.2) is 62.7 Å². The summed E-state index contributed by atoms with van der Waals surface area (Å²) in [4.78, 5) is 13.1. The molecule has 158 valence electrons. The Morgan fingerprint density at radius 2 is 1.89 bits per heavy atom. The molecule has 0 radical (unpaired) electrons. The third kappa shape index (κ3) is 5.63. The molecule has 1 aliphatic carbocycles. The molecule has 3 unspecified atom stereocenters. The minimum Gasteiger partial charge on any atom is -0.373 e. The van der Waals surface area contributed by atoms with Crippen LogP contribution in [0.3, 0.4) is 0 Å². The van der Waals surface area contributed by atoms with E-state index < -0.39 is 12.1 Å². The number of carbonyl (C=O) groups is 1. The number of piperidine rings is 1. The smallest absolute Gasteiger partial charge is 0.229 e. The molecule has 9 heteroatoms. The Bertz CT molecular complexity index is 539. The van der Waals surface area contributed by atoms with Crippen LogP contribution in [0.15, 0.2) is 0 Å². The van der Waals surface area contributed by atoms with Gasteiger partial charge in [0.1, 0.15) is 0 Å². The molecule has 0 aromatic rings. The first-order valence-corrected chi connectivity index (χ1v) is 10.6. The fraction of sp³-hybridized carbons (Fsp3) is 0.895. The lowest BCUT2D eigenvalue weighted by Gasteiger charge is -2.39. The van der Waals surface area contributed by atoms with Crippen LogP contribution in [0.25, 0.3) is 0 Å². The summed E-state index contributed by atoms with van der Waals surface area (Å²) in [6, 6.07) is 2.10. The van der Waals surface area contributed by atoms with Gasteiger partial charge >= 0.3 is 0 Å². The maximum absolute atomic E-state index is 13.1. The Morgan fingerprint density at radius 1 is 1.18 bits per heavy atom. The molecule has 1 saturated carbocycles. The van der Waals surface area contributed by atoms with E-state index in [-0.39, 0.29) is 30.1 Å². The topological polar surface area (TPSA) is 150 Å². The second-order valence-corrected chi connectivity index (χ2v) is 8.31. The normalized spacial score (nSPS) is 32.8. The number of nitrogens with two attached hydrogens (primary N) is 2. The van der Waals surface area contributed by atoms with E-state index in [2.05, 4.69) is 27.3 Å². The average Bonchev–Trinajstić information content (AvgIpc) is 3.18. The number of rotatable bonds is 7. The Morgan fingerprint density at radius 3 is 2.54 bits per heavy atom. The number of nitrogens with zero attached hydrogens (tertiary/aromatic N) is 1. The number of carbonyl (C=O) groups excluding carboxylic acids is 1. The highest BCUT2D eigenvalue weighted by molar-refractivity contribution is 5.80. The molecule has 3 aliphatic rings. The highest BCUT2D eigenvalue weighted by Crippen LogP contribution is 2.24. The molecule has 2 saturated heterocycles. The van der Waals surface area contributed by atoms with Crippen LogP contribution in [0, 0.1) is 23.2 Å². The Labute approximate surface area is 167 Å². The van der Waals surface area contributed by atoms with E-state index in [9.17, 15) is 4.79 Å². The highest BCUT2D eigenvalue weighted by atomic mass is 16.5. The molecule has 3 fully saturated rings. The molecular formula is C19H35N7O2. The minimum absolute atomic E-state index is 0.0234. The highest BCUT2D eigenvalue weighted by Gasteiger charge is 2.37. The number of amides is 1. The van der Waals surface area contributed by atoms with Gasteiger partial charge in [-0.15, -0.1) is 0 Å². The molecular weight excluding hydrogens is 358 g/mol. The molecule has 3 atom stereocenters. The zero-order valence-corrected chi connectivity index (χ0v) is 16.5. The fourth-order valence-electron chi connectivity index (χ4n) is 4.50. The standard InChI is InChI=1S/C19H35N7O2/c20-7-5-12-9-24-18(25-10-12)16(17(21)22)19(27)26-14-11-23-8-6-15(14)28-13-3-1-2-4-13/h12-18,23-25H,1-6,8-11,21-22H2,(H,26,27). The van der Waals surface area contributed by atoms with Crippen LogP contribution < -0.4 is 32.7 Å². The van der Waals surface area contributed by atoms with Crippen LogP contribution in [-0.2, 0) is 9.53 Å². The van der Waals surface area contributed by atoms with Gasteiger partial charge in [0.15, 0.2) is 0 Å². The van der Waals surface area contributed by atoms with E-state index in [0.29, 0.717) is 32.2 Å². The van der Waals surface area contributed by atoms with Crippen molar-refractivity contribution in [1.82, 2.24) is 21.3 Å². The lowest BCUT2D eigenvalue weighted by Crippen LogP contribution is -2.66. The van der Waals surface area contributed by atoms with Crippen molar-refractivity contribution < 1.29 is 9.53 Å². The van der Waals surface area contributed by atoms with Crippen molar-refractivity contribution in [2.75, 3.05) is 26.2 Å². The van der Waals surface area contributed by atoms with Gasteiger partial charge in [-0.25, -0.2) is 0 Å². The van der Waals surface area contributed by atoms with Gasteiger partial charge in [0.2, 0.25) is 5.91 Å². The third-order valence-electron chi connectivity index (χ3n) is 6.13. The van der Waals surface area contributed by atoms with Crippen molar-refractivity contribution in [1.29, 1.82) is 5.26 Å². The Balaban J connectivity index is 1.57. The first kappa shape index (κ1) is 21.4. The maximum atomic E-state index is 13.1. The van der Waals surface area contributed by atoms with Gasteiger partial charge < -0.3 is 37.5 Å². The number of hydrogen-bond acceptors (Lipinski definition) is 8. The maximum Gasteiger partial charge on any atom is 0.229 e. The first-order chi connectivity index (χ1) is 13.6. The number of hydrogen-bond donors (Lipinski definition) is 6. The van der Waals surface area contributed by atoms with Gasteiger partial charge in [-0.1, -0.05) is 12.8 Å². The van der Waals surface area contributed by atoms with Crippen LogP contribution in [0.4, 0.5) is 0 Å². The first-order valence-electron chi connectivity index (χ1n) is 10.6. The zero-order valence-electron chi connectivity index (χ0n) is 16.5. The molecule has 0 aromatic heterocycles. The molecule has 0 aromatic carbocycles. The van der Waals surface area contributed by atoms with Crippen LogP contribution >= 0.6 is 0 Å². The molecule has 8 N–H and O–H groups in total. The van der Waals surface area contributed by atoms with Gasteiger partial charge in [-0.3, -0.25) is 4.79 Å². The SMILES string of the molecule is N#CCC1CNC(C(C(=O)NC2CNCCC2OC2CCCC2)C(N)N)NC1. The Kier molecular flexibility index (Phi) is 8.02. The number of nitriles is 1. The van der Waals surface area contributed by atoms with Crippen LogP contribution in [0.2, 0.25) is 0 Å². The summed E-state index contributed by atoms with van der Waals surface area (Å²) in [5.41, 5.74) is 11.9. The van der Waals surface area contributed by atoms with Gasteiger partial charge in [0, 0.05) is 26.1 Å². The van der Waals surface area contributed by atoms with E-state index >= 15 is 0 Å². The zero-order chi connectivity index (χ0) is 19.9. The minimum atomic E-state index is -0.789. The van der Waals surface area contributed by atoms with Crippen molar-refractivity contribution in [3.05, 3.63) is 0 Å². The molecule has 0 bridgehead atoms. The molecule has 3 rings (SSSR count). The summed E-state index contributed by atoms with van der Waals surface area (Å²) in [6.45, 7) is 2.92. The molecule has 28 heavy (non-hydrogen) atoms. The van der Waals surface area contributed by atoms with Crippen molar-refractivity contribution in [3.63, 3.8) is 0 Å². The van der Waals surface area contributed by atoms with E-state index in [1.54, 1.807) is 0 Å². The van der Waals surface area contributed by atoms with E-state index in [0.717, 1.165) is 25.8 Å². The fourth-order valence-corrected chi connectivity index (χ4v) is 4.50. The average molecular weight is 394 g/mol. The molecule has 0 spiro atoms. The van der Waals surface area contributed by atoms with Crippen molar-refractivity contribution in [2.24, 2.45) is 23.3 Å². The summed E-state index contributed by atoms with van der Waals surface area (Å²) in [5.74, 6) is -0.532. The van der Waals surface area contributed by atoms with Gasteiger partial charge in [-0.2, -0.15) is 5.26 Å². The summed E-state index contributed by atoms with van der Waals surface area (Å²) in [5, 5.41) is 21.9.